The number of sulfonamides is 1. The Balaban J connectivity index is 1.80. The Kier molecular flexibility index (Phi) is 6.51. The average molecular weight is 410 g/mol. The Morgan fingerprint density at radius 1 is 0.897 bits per heavy atom. The number of rotatable bonds is 8. The van der Waals surface area contributed by atoms with E-state index in [-0.39, 0.29) is 11.5 Å². The zero-order chi connectivity index (χ0) is 20.7. The predicted molar refractivity (Wildman–Crippen MR) is 113 cm³/mol. The van der Waals surface area contributed by atoms with E-state index in [1.165, 1.54) is 0 Å². The fraction of sp³-hybridized carbons (Fsp3) is 0.136. The van der Waals surface area contributed by atoms with Gasteiger partial charge in [-0.3, -0.25) is 0 Å². The summed E-state index contributed by atoms with van der Waals surface area (Å²) in [4.78, 5) is 2.46. The molecule has 0 aliphatic rings. The summed E-state index contributed by atoms with van der Waals surface area (Å²) < 4.78 is 36.0. The average Bonchev–Trinajstić information content (AvgIpc) is 2.75. The van der Waals surface area contributed by atoms with E-state index in [9.17, 15) is 8.42 Å². The lowest BCUT2D eigenvalue weighted by atomic mass is 10.1. The van der Waals surface area contributed by atoms with Gasteiger partial charge in [0.15, 0.2) is 0 Å². The quantitative estimate of drug-likeness (QED) is 0.453. The molecule has 3 aromatic carbocycles. The zero-order valence-corrected chi connectivity index (χ0v) is 17.0. The van der Waals surface area contributed by atoms with Gasteiger partial charge in [-0.15, -0.1) is 0 Å². The first-order valence-corrected chi connectivity index (χ1v) is 10.4. The minimum Gasteiger partial charge on any atom is -0.497 e. The highest BCUT2D eigenvalue weighted by molar-refractivity contribution is 7.89. The van der Waals surface area contributed by atoms with Crippen molar-refractivity contribution in [2.24, 2.45) is 5.10 Å². The molecule has 0 aliphatic heterocycles. The molecule has 1 N–H and O–H groups in total. The summed E-state index contributed by atoms with van der Waals surface area (Å²) in [6.07, 6.45) is 0. The molecular formula is C22H22N2O4S. The first-order valence-electron chi connectivity index (χ1n) is 8.95. The number of ether oxygens (including phenoxy) is 2. The van der Waals surface area contributed by atoms with E-state index in [4.69, 9.17) is 9.47 Å². The molecule has 6 nitrogen and oxygen atoms in total. The molecule has 0 radical (unpaired) electrons. The molecule has 7 heteroatoms. The minimum atomic E-state index is -3.78. The Bertz CT molecular complexity index is 1060. The summed E-state index contributed by atoms with van der Waals surface area (Å²) in [5.74, 6) is 1.34. The second kappa shape index (κ2) is 9.25. The van der Waals surface area contributed by atoms with Crippen molar-refractivity contribution in [1.29, 1.82) is 0 Å². The van der Waals surface area contributed by atoms with E-state index in [1.807, 2.05) is 37.3 Å². The third-order valence-electron chi connectivity index (χ3n) is 4.17. The third kappa shape index (κ3) is 5.58. The van der Waals surface area contributed by atoms with Crippen LogP contribution in [-0.2, 0) is 10.0 Å². The molecule has 0 unspecified atom stereocenters. The highest BCUT2D eigenvalue weighted by atomic mass is 32.2. The second-order valence-corrected chi connectivity index (χ2v) is 7.96. The molecule has 0 aliphatic carbocycles. The van der Waals surface area contributed by atoms with Crippen LogP contribution >= 0.6 is 0 Å². The van der Waals surface area contributed by atoms with E-state index in [1.54, 1.807) is 55.6 Å². The Morgan fingerprint density at radius 2 is 1.52 bits per heavy atom. The maximum atomic E-state index is 12.6. The summed E-state index contributed by atoms with van der Waals surface area (Å²) in [6, 6.07) is 23.0. The summed E-state index contributed by atoms with van der Waals surface area (Å²) in [7, 11) is -2.19. The first-order chi connectivity index (χ1) is 14.0. The molecule has 0 fully saturated rings. The second-order valence-electron chi connectivity index (χ2n) is 6.30. The molecular weight excluding hydrogens is 388 g/mol. The van der Waals surface area contributed by atoms with Gasteiger partial charge in [0, 0.05) is 5.56 Å². The molecule has 0 heterocycles. The summed E-state index contributed by atoms with van der Waals surface area (Å²) >= 11 is 0. The van der Waals surface area contributed by atoms with E-state index in [2.05, 4.69) is 9.93 Å². The molecule has 0 atom stereocenters. The lowest BCUT2D eigenvalue weighted by Crippen LogP contribution is -2.23. The van der Waals surface area contributed by atoms with E-state index in [0.717, 1.165) is 16.9 Å². The Hall–Kier alpha value is -3.32. The van der Waals surface area contributed by atoms with Crippen LogP contribution in [0, 0.1) is 6.92 Å². The van der Waals surface area contributed by atoms with Crippen molar-refractivity contribution in [3.8, 4) is 11.5 Å². The van der Waals surface area contributed by atoms with Gasteiger partial charge in [0.05, 0.1) is 12.0 Å². The van der Waals surface area contributed by atoms with E-state index < -0.39 is 10.0 Å². The van der Waals surface area contributed by atoms with Crippen LogP contribution in [0.3, 0.4) is 0 Å². The summed E-state index contributed by atoms with van der Waals surface area (Å²) in [5.41, 5.74) is 2.19. The molecule has 0 saturated carbocycles. The Morgan fingerprint density at radius 3 is 2.14 bits per heavy atom. The van der Waals surface area contributed by atoms with Crippen LogP contribution in [0.15, 0.2) is 88.9 Å². The maximum absolute atomic E-state index is 12.6. The van der Waals surface area contributed by atoms with Gasteiger partial charge in [0.25, 0.3) is 10.0 Å². The predicted octanol–water partition coefficient (Wildman–Crippen LogP) is 3.77. The van der Waals surface area contributed by atoms with Crippen LogP contribution in [0.4, 0.5) is 0 Å². The number of benzene rings is 3. The Labute approximate surface area is 170 Å². The minimum absolute atomic E-state index is 0.0900. The number of aryl methyl sites for hydroxylation is 1. The van der Waals surface area contributed by atoms with Crippen molar-refractivity contribution < 1.29 is 17.9 Å². The van der Waals surface area contributed by atoms with E-state index >= 15 is 0 Å². The van der Waals surface area contributed by atoms with Gasteiger partial charge in [0.2, 0.25) is 0 Å². The molecule has 3 aromatic rings. The van der Waals surface area contributed by atoms with Crippen LogP contribution in [0.25, 0.3) is 0 Å². The molecule has 0 amide bonds. The highest BCUT2D eigenvalue weighted by Gasteiger charge is 2.14. The summed E-state index contributed by atoms with van der Waals surface area (Å²) in [6.45, 7) is 1.98. The fourth-order valence-corrected chi connectivity index (χ4v) is 3.35. The normalized spacial score (nSPS) is 11.7. The number of hydrogen-bond donors (Lipinski definition) is 1. The largest absolute Gasteiger partial charge is 0.497 e. The van der Waals surface area contributed by atoms with Crippen LogP contribution in [0.1, 0.15) is 11.1 Å². The number of hydrazone groups is 1. The maximum Gasteiger partial charge on any atom is 0.276 e. The third-order valence-corrected chi connectivity index (χ3v) is 5.40. The molecule has 29 heavy (non-hydrogen) atoms. The standard InChI is InChI=1S/C22H22N2O4S/c1-17-8-14-21(15-9-17)29(25,26)24-23-22(18-6-4-3-5-7-18)16-28-20-12-10-19(27-2)11-13-20/h3-15,24H,16H2,1-2H3/b23-22+. The van der Waals surface area contributed by atoms with Crippen molar-refractivity contribution in [3.05, 3.63) is 90.0 Å². The number of methoxy groups -OCH3 is 1. The van der Waals surface area contributed by atoms with Crippen LogP contribution in [-0.4, -0.2) is 27.8 Å². The van der Waals surface area contributed by atoms with Crippen molar-refractivity contribution in [1.82, 2.24) is 4.83 Å². The van der Waals surface area contributed by atoms with Crippen LogP contribution in [0.2, 0.25) is 0 Å². The number of hydrogen-bond acceptors (Lipinski definition) is 5. The molecule has 3 rings (SSSR count). The van der Waals surface area contributed by atoms with Gasteiger partial charge >= 0.3 is 0 Å². The van der Waals surface area contributed by atoms with Crippen LogP contribution < -0.4 is 14.3 Å². The van der Waals surface area contributed by atoms with Crippen LogP contribution in [0.5, 0.6) is 11.5 Å². The smallest absolute Gasteiger partial charge is 0.276 e. The number of nitrogens with zero attached hydrogens (tertiary/aromatic N) is 1. The van der Waals surface area contributed by atoms with Gasteiger partial charge in [-0.05, 0) is 43.3 Å². The van der Waals surface area contributed by atoms with Gasteiger partial charge in [0.1, 0.15) is 23.8 Å². The lowest BCUT2D eigenvalue weighted by molar-refractivity contribution is 0.373. The van der Waals surface area contributed by atoms with Crippen molar-refractivity contribution >= 4 is 15.7 Å². The SMILES string of the molecule is COc1ccc(OC/C(=N\NS(=O)(=O)c2ccc(C)cc2)c2ccccc2)cc1. The number of nitrogens with one attached hydrogen (secondary N) is 1. The van der Waals surface area contributed by atoms with Gasteiger partial charge < -0.3 is 9.47 Å². The van der Waals surface area contributed by atoms with E-state index in [0.29, 0.717) is 11.5 Å². The van der Waals surface area contributed by atoms with Crippen molar-refractivity contribution in [2.45, 2.75) is 11.8 Å². The van der Waals surface area contributed by atoms with Gasteiger partial charge in [-0.2, -0.15) is 18.4 Å². The molecule has 0 aromatic heterocycles. The van der Waals surface area contributed by atoms with Crippen molar-refractivity contribution in [3.63, 3.8) is 0 Å². The molecule has 0 spiro atoms. The summed E-state index contributed by atoms with van der Waals surface area (Å²) in [5, 5.41) is 4.14. The zero-order valence-electron chi connectivity index (χ0n) is 16.2. The molecule has 0 saturated heterocycles. The van der Waals surface area contributed by atoms with Gasteiger partial charge in [-0.1, -0.05) is 48.0 Å². The first kappa shape index (κ1) is 20.4. The topological polar surface area (TPSA) is 77.0 Å². The monoisotopic (exact) mass is 410 g/mol. The fourth-order valence-electron chi connectivity index (χ4n) is 2.52. The molecule has 150 valence electrons. The lowest BCUT2D eigenvalue weighted by Gasteiger charge is -2.11. The molecule has 0 bridgehead atoms. The van der Waals surface area contributed by atoms with Crippen molar-refractivity contribution in [2.75, 3.05) is 13.7 Å². The van der Waals surface area contributed by atoms with Gasteiger partial charge in [-0.25, -0.2) is 0 Å². The highest BCUT2D eigenvalue weighted by Crippen LogP contribution is 2.17.